The highest BCUT2D eigenvalue weighted by molar-refractivity contribution is 5.75. The maximum atomic E-state index is 13.0. The van der Waals surface area contributed by atoms with Crippen LogP contribution in [0.5, 0.6) is 0 Å². The van der Waals surface area contributed by atoms with E-state index in [1.807, 2.05) is 6.92 Å². The quantitative estimate of drug-likeness (QED) is 0.445. The molecule has 2 heterocycles. The Morgan fingerprint density at radius 1 is 1.34 bits per heavy atom. The van der Waals surface area contributed by atoms with E-state index in [0.717, 1.165) is 12.1 Å². The van der Waals surface area contributed by atoms with Gasteiger partial charge in [0.15, 0.2) is 6.10 Å². The fraction of sp³-hybridized carbons (Fsp3) is 0.800. The lowest BCUT2D eigenvalue weighted by Gasteiger charge is -2.49. The molecule has 3 N–H and O–H groups in total. The van der Waals surface area contributed by atoms with Gasteiger partial charge >= 0.3 is 5.97 Å². The second-order valence-corrected chi connectivity index (χ2v) is 10.2. The Balaban J connectivity index is 1.85. The summed E-state index contributed by atoms with van der Waals surface area (Å²) in [7, 11) is 1.51. The number of methoxy groups -OCH3 is 1. The predicted molar refractivity (Wildman–Crippen MR) is 120 cm³/mol. The molecule has 7 heteroatoms. The van der Waals surface area contributed by atoms with Crippen molar-refractivity contribution in [2.45, 2.75) is 83.2 Å². The first-order chi connectivity index (χ1) is 15.2. The maximum Gasteiger partial charge on any atom is 0.335 e. The average molecular weight is 450 g/mol. The molecule has 0 amide bonds. The van der Waals surface area contributed by atoms with Crippen LogP contribution in [0.1, 0.15) is 41.0 Å². The molecule has 2 fully saturated rings. The molecule has 0 aromatic rings. The SMILES string of the molecule is CCN[C@H]1[C@H](C)[C@@H](O)[C@@H]2[C@H]3C=C[C@@H]4C[C@H](OC)C(=O)O[C@H]([C@@H](C)O)[C@H](C)/C=C(/C)[C@@]24O[C@@H]31. The minimum absolute atomic E-state index is 0.0433. The first-order valence-electron chi connectivity index (χ1n) is 12.0. The van der Waals surface area contributed by atoms with E-state index in [1.54, 1.807) is 6.92 Å². The van der Waals surface area contributed by atoms with Crippen LogP contribution in [0.2, 0.25) is 0 Å². The van der Waals surface area contributed by atoms with E-state index in [2.05, 4.69) is 44.3 Å². The number of nitrogens with one attached hydrogen (secondary N) is 1. The van der Waals surface area contributed by atoms with Gasteiger partial charge in [-0.05, 0) is 32.4 Å². The molecule has 12 atom stereocenters. The topological polar surface area (TPSA) is 97.2 Å². The number of esters is 1. The molecule has 4 aliphatic rings. The number of hydrogen-bond acceptors (Lipinski definition) is 7. The lowest BCUT2D eigenvalue weighted by atomic mass is 9.57. The molecule has 4 bridgehead atoms. The standard InChI is InChI=1S/C25H39NO6/c1-7-26-20-14(4)21(28)19-17-9-8-16-11-18(30-6)24(29)31-22(15(5)27)12(2)10-13(3)25(16,19)32-23(17)20/h8-10,12,14-23,26-28H,7,11H2,1-6H3/b13-10-/t12-,14+,15-,16-,17-,18+,19+,20+,21-,22+,23+,25+/m1/s1. The second-order valence-electron chi connectivity index (χ2n) is 10.2. The van der Waals surface area contributed by atoms with Gasteiger partial charge in [-0.15, -0.1) is 0 Å². The summed E-state index contributed by atoms with van der Waals surface area (Å²) >= 11 is 0. The summed E-state index contributed by atoms with van der Waals surface area (Å²) in [6.07, 6.45) is 3.92. The maximum absolute atomic E-state index is 13.0. The van der Waals surface area contributed by atoms with E-state index in [-0.39, 0.29) is 41.7 Å². The number of carbonyl (C=O) groups is 1. The van der Waals surface area contributed by atoms with E-state index in [9.17, 15) is 15.0 Å². The van der Waals surface area contributed by atoms with Gasteiger partial charge in [-0.3, -0.25) is 0 Å². The second kappa shape index (κ2) is 8.84. The molecule has 0 unspecified atom stereocenters. The Labute approximate surface area is 191 Å². The van der Waals surface area contributed by atoms with Crippen LogP contribution in [-0.4, -0.2) is 72.0 Å². The highest BCUT2D eigenvalue weighted by Gasteiger charge is 2.68. The molecule has 2 aliphatic carbocycles. The van der Waals surface area contributed by atoms with Gasteiger partial charge in [0.05, 0.1) is 18.3 Å². The first kappa shape index (κ1) is 23.9. The van der Waals surface area contributed by atoms with E-state index < -0.39 is 36.0 Å². The van der Waals surface area contributed by atoms with Crippen LogP contribution >= 0.6 is 0 Å². The summed E-state index contributed by atoms with van der Waals surface area (Å²) in [5.41, 5.74) is 0.298. The zero-order valence-electron chi connectivity index (χ0n) is 20.0. The Bertz CT molecular complexity index is 780. The predicted octanol–water partition coefficient (Wildman–Crippen LogP) is 1.82. The largest absolute Gasteiger partial charge is 0.457 e. The number of carbonyl (C=O) groups excluding carboxylic acids is 1. The Hall–Kier alpha value is -1.25. The number of ether oxygens (including phenoxy) is 3. The summed E-state index contributed by atoms with van der Waals surface area (Å²) in [4.78, 5) is 13.0. The fourth-order valence-corrected chi connectivity index (χ4v) is 6.91. The number of cyclic esters (lactones) is 1. The van der Waals surface area contributed by atoms with Crippen molar-refractivity contribution in [2.24, 2.45) is 29.6 Å². The molecule has 1 saturated heterocycles. The van der Waals surface area contributed by atoms with E-state index in [4.69, 9.17) is 14.2 Å². The Morgan fingerprint density at radius 2 is 2.06 bits per heavy atom. The highest BCUT2D eigenvalue weighted by atomic mass is 16.6. The summed E-state index contributed by atoms with van der Waals surface area (Å²) in [5.74, 6) is -0.791. The third-order valence-corrected chi connectivity index (χ3v) is 8.39. The molecule has 1 spiro atoms. The van der Waals surface area contributed by atoms with E-state index in [1.165, 1.54) is 7.11 Å². The molecule has 2 aliphatic heterocycles. The van der Waals surface area contributed by atoms with Gasteiger partial charge in [0.1, 0.15) is 11.7 Å². The summed E-state index contributed by atoms with van der Waals surface area (Å²) in [5, 5.41) is 25.4. The van der Waals surface area contributed by atoms with Crippen LogP contribution in [0.4, 0.5) is 0 Å². The minimum Gasteiger partial charge on any atom is -0.457 e. The third-order valence-electron chi connectivity index (χ3n) is 8.39. The van der Waals surface area contributed by atoms with Gasteiger partial charge in [0.2, 0.25) is 0 Å². The van der Waals surface area contributed by atoms with Crippen LogP contribution in [-0.2, 0) is 19.0 Å². The molecular formula is C25H39NO6. The van der Waals surface area contributed by atoms with Crippen LogP contribution < -0.4 is 5.32 Å². The molecule has 32 heavy (non-hydrogen) atoms. The van der Waals surface area contributed by atoms with Crippen LogP contribution in [0, 0.1) is 29.6 Å². The van der Waals surface area contributed by atoms with Gasteiger partial charge in [0, 0.05) is 42.7 Å². The number of hydrogen-bond donors (Lipinski definition) is 3. The normalized spacial score (nSPS) is 50.8. The summed E-state index contributed by atoms with van der Waals surface area (Å²) < 4.78 is 18.3. The van der Waals surface area contributed by atoms with Crippen molar-refractivity contribution in [1.29, 1.82) is 0 Å². The molecule has 0 radical (unpaired) electrons. The van der Waals surface area contributed by atoms with Crippen LogP contribution in [0.25, 0.3) is 0 Å². The van der Waals surface area contributed by atoms with Crippen molar-refractivity contribution < 1.29 is 29.2 Å². The van der Waals surface area contributed by atoms with Gasteiger partial charge in [-0.1, -0.05) is 39.0 Å². The third kappa shape index (κ3) is 3.48. The zero-order valence-corrected chi connectivity index (χ0v) is 20.0. The van der Waals surface area contributed by atoms with Crippen molar-refractivity contribution in [3.05, 3.63) is 23.8 Å². The van der Waals surface area contributed by atoms with Gasteiger partial charge in [0.25, 0.3) is 0 Å². The van der Waals surface area contributed by atoms with E-state index in [0.29, 0.717) is 6.42 Å². The minimum atomic E-state index is -0.824. The molecule has 7 nitrogen and oxygen atoms in total. The Kier molecular flexibility index (Phi) is 6.60. The molecular weight excluding hydrogens is 410 g/mol. The van der Waals surface area contributed by atoms with Crippen molar-refractivity contribution in [3.63, 3.8) is 0 Å². The number of rotatable bonds is 4. The summed E-state index contributed by atoms with van der Waals surface area (Å²) in [6, 6.07) is 0.0491. The average Bonchev–Trinajstić information content (AvgIpc) is 2.94. The van der Waals surface area contributed by atoms with Gasteiger partial charge < -0.3 is 29.7 Å². The molecule has 4 rings (SSSR count). The van der Waals surface area contributed by atoms with Crippen molar-refractivity contribution in [2.75, 3.05) is 13.7 Å². The molecule has 0 aromatic carbocycles. The van der Waals surface area contributed by atoms with Crippen LogP contribution in [0.3, 0.4) is 0 Å². The lowest BCUT2D eigenvalue weighted by Crippen LogP contribution is -2.59. The fourth-order valence-electron chi connectivity index (χ4n) is 6.91. The van der Waals surface area contributed by atoms with Crippen molar-refractivity contribution in [1.82, 2.24) is 5.32 Å². The van der Waals surface area contributed by atoms with Crippen LogP contribution in [0.15, 0.2) is 23.8 Å². The molecule has 180 valence electrons. The smallest absolute Gasteiger partial charge is 0.335 e. The van der Waals surface area contributed by atoms with E-state index >= 15 is 0 Å². The van der Waals surface area contributed by atoms with Gasteiger partial charge in [-0.2, -0.15) is 0 Å². The molecule has 1 saturated carbocycles. The highest BCUT2D eigenvalue weighted by Crippen LogP contribution is 2.60. The summed E-state index contributed by atoms with van der Waals surface area (Å²) in [6.45, 7) is 10.6. The molecule has 0 aromatic heterocycles. The number of aliphatic hydroxyl groups excluding tert-OH is 2. The number of likely N-dealkylation sites (N-methyl/N-ethyl adjacent to an activating group) is 1. The monoisotopic (exact) mass is 449 g/mol. The Morgan fingerprint density at radius 3 is 2.69 bits per heavy atom. The van der Waals surface area contributed by atoms with Gasteiger partial charge in [-0.25, -0.2) is 4.79 Å². The van der Waals surface area contributed by atoms with Crippen molar-refractivity contribution in [3.8, 4) is 0 Å². The number of aliphatic hydroxyl groups is 2. The lowest BCUT2D eigenvalue weighted by molar-refractivity contribution is -0.172. The zero-order chi connectivity index (χ0) is 23.4. The van der Waals surface area contributed by atoms with Crippen molar-refractivity contribution >= 4 is 5.97 Å². The first-order valence-corrected chi connectivity index (χ1v) is 12.0.